The number of ether oxygens (including phenoxy) is 2. The number of carbonyl (C=O) groups is 3. The van der Waals surface area contributed by atoms with Crippen molar-refractivity contribution in [2.45, 2.75) is 33.8 Å². The largest absolute Gasteiger partial charge is 0.465 e. The van der Waals surface area contributed by atoms with E-state index in [9.17, 15) is 14.4 Å². The van der Waals surface area contributed by atoms with Crippen molar-refractivity contribution in [3.05, 3.63) is 64.2 Å². The van der Waals surface area contributed by atoms with Gasteiger partial charge in [-0.25, -0.2) is 9.59 Å². The van der Waals surface area contributed by atoms with Crippen LogP contribution in [0.1, 0.15) is 55.2 Å². The van der Waals surface area contributed by atoms with Gasteiger partial charge in [-0.1, -0.05) is 18.2 Å². The van der Waals surface area contributed by atoms with Gasteiger partial charge in [0, 0.05) is 5.69 Å². The van der Waals surface area contributed by atoms with Crippen molar-refractivity contribution in [2.24, 2.45) is 0 Å². The molecular weight excluding hydrogens is 388 g/mol. The Balaban J connectivity index is 1.79. The van der Waals surface area contributed by atoms with Gasteiger partial charge in [-0.15, -0.1) is 5.10 Å². The van der Waals surface area contributed by atoms with Crippen LogP contribution in [-0.2, 0) is 9.47 Å². The molecule has 9 heteroatoms. The van der Waals surface area contributed by atoms with E-state index < -0.39 is 23.8 Å². The van der Waals surface area contributed by atoms with E-state index in [1.807, 2.05) is 18.2 Å². The molecule has 156 valence electrons. The number of aromatic amines is 1. The molecular formula is C21H22N4O5. The Hall–Kier alpha value is -3.75. The molecule has 0 aliphatic carbocycles. The third-order valence-electron chi connectivity index (χ3n) is 4.69. The number of hydrogen-bond donors (Lipinski definition) is 1. The lowest BCUT2D eigenvalue weighted by Crippen LogP contribution is -2.26. The number of benzene rings is 1. The number of Topliss-reactive ketones (excluding diaryl/α,β-unsaturated/α-hetero) is 1. The number of para-hydroxylation sites is 1. The van der Waals surface area contributed by atoms with Crippen molar-refractivity contribution in [3.63, 3.8) is 0 Å². The number of aromatic nitrogens is 4. The summed E-state index contributed by atoms with van der Waals surface area (Å²) in [5, 5.41) is 8.42. The fourth-order valence-electron chi connectivity index (χ4n) is 3.12. The summed E-state index contributed by atoms with van der Waals surface area (Å²) in [5.74, 6) is -1.77. The Morgan fingerprint density at radius 1 is 1.03 bits per heavy atom. The molecule has 0 fully saturated rings. The number of ketones is 1. The summed E-state index contributed by atoms with van der Waals surface area (Å²) >= 11 is 0. The highest BCUT2D eigenvalue weighted by Gasteiger charge is 2.29. The number of aryl methyl sites for hydroxylation is 2. The molecule has 1 N–H and O–H groups in total. The molecule has 0 unspecified atom stereocenters. The standard InChI is InChI=1S/C21H22N4O5/c1-11-16(20(27)29-5)12(2)22-17(11)19(26)14(4)30-21(28)18-13(3)23-25(24-18)15-9-7-6-8-10-15/h6-10,14,22H,1-5H3/t14-/m0/s1. The van der Waals surface area contributed by atoms with Crippen molar-refractivity contribution < 1.29 is 23.9 Å². The Bertz CT molecular complexity index is 1110. The third-order valence-corrected chi connectivity index (χ3v) is 4.69. The molecule has 0 amide bonds. The van der Waals surface area contributed by atoms with Crippen molar-refractivity contribution in [2.75, 3.05) is 7.11 Å². The van der Waals surface area contributed by atoms with E-state index >= 15 is 0 Å². The number of esters is 2. The summed E-state index contributed by atoms with van der Waals surface area (Å²) in [7, 11) is 1.27. The minimum atomic E-state index is -1.10. The molecule has 2 aromatic heterocycles. The minimum Gasteiger partial charge on any atom is -0.465 e. The molecule has 0 bridgehead atoms. The second kappa shape index (κ2) is 8.32. The van der Waals surface area contributed by atoms with E-state index in [0.717, 1.165) is 0 Å². The van der Waals surface area contributed by atoms with Gasteiger partial charge in [0.1, 0.15) is 0 Å². The maximum absolute atomic E-state index is 12.8. The maximum Gasteiger partial charge on any atom is 0.361 e. The molecule has 0 radical (unpaired) electrons. The number of H-pyrrole nitrogens is 1. The van der Waals surface area contributed by atoms with E-state index in [4.69, 9.17) is 9.47 Å². The van der Waals surface area contributed by atoms with Gasteiger partial charge in [-0.2, -0.15) is 9.90 Å². The summed E-state index contributed by atoms with van der Waals surface area (Å²) in [6.07, 6.45) is -1.10. The van der Waals surface area contributed by atoms with Crippen LogP contribution < -0.4 is 0 Å². The zero-order valence-corrected chi connectivity index (χ0v) is 17.3. The SMILES string of the molecule is COC(=O)c1c(C)[nH]c(C(=O)[C@H](C)OC(=O)c2nn(-c3ccccc3)nc2C)c1C. The Labute approximate surface area is 173 Å². The van der Waals surface area contributed by atoms with Crippen molar-refractivity contribution in [3.8, 4) is 5.69 Å². The first-order chi connectivity index (χ1) is 14.2. The number of methoxy groups -OCH3 is 1. The second-order valence-corrected chi connectivity index (χ2v) is 6.79. The molecule has 2 heterocycles. The first kappa shape index (κ1) is 21.0. The van der Waals surface area contributed by atoms with Crippen LogP contribution in [0.2, 0.25) is 0 Å². The maximum atomic E-state index is 12.8. The molecule has 0 saturated carbocycles. The summed E-state index contributed by atoms with van der Waals surface area (Å²) in [5.41, 5.74) is 2.52. The molecule has 3 aromatic rings. The average Bonchev–Trinajstić information content (AvgIpc) is 3.26. The van der Waals surface area contributed by atoms with E-state index in [-0.39, 0.29) is 11.4 Å². The minimum absolute atomic E-state index is 0.0214. The number of nitrogens with one attached hydrogen (secondary N) is 1. The predicted octanol–water partition coefficient (Wildman–Crippen LogP) is 2.74. The lowest BCUT2D eigenvalue weighted by atomic mass is 10.1. The smallest absolute Gasteiger partial charge is 0.361 e. The van der Waals surface area contributed by atoms with Gasteiger partial charge in [0.05, 0.1) is 29.7 Å². The topological polar surface area (TPSA) is 116 Å². The summed E-state index contributed by atoms with van der Waals surface area (Å²) in [6, 6.07) is 9.12. The number of carbonyl (C=O) groups excluding carboxylic acids is 3. The van der Waals surface area contributed by atoms with Gasteiger partial charge in [0.2, 0.25) is 5.78 Å². The van der Waals surface area contributed by atoms with Crippen LogP contribution in [0.5, 0.6) is 0 Å². The van der Waals surface area contributed by atoms with Crippen molar-refractivity contribution in [1.29, 1.82) is 0 Å². The van der Waals surface area contributed by atoms with Crippen LogP contribution in [0.25, 0.3) is 5.69 Å². The van der Waals surface area contributed by atoms with Crippen LogP contribution in [0.15, 0.2) is 30.3 Å². The van der Waals surface area contributed by atoms with Gasteiger partial charge < -0.3 is 14.5 Å². The molecule has 0 aliphatic rings. The van der Waals surface area contributed by atoms with Crippen LogP contribution in [-0.4, -0.2) is 50.9 Å². The number of rotatable bonds is 6. The Morgan fingerprint density at radius 2 is 1.70 bits per heavy atom. The van der Waals surface area contributed by atoms with E-state index in [1.165, 1.54) is 18.8 Å². The Morgan fingerprint density at radius 3 is 2.33 bits per heavy atom. The van der Waals surface area contributed by atoms with Crippen LogP contribution in [0.3, 0.4) is 0 Å². The first-order valence-corrected chi connectivity index (χ1v) is 9.26. The van der Waals surface area contributed by atoms with Crippen molar-refractivity contribution in [1.82, 2.24) is 20.0 Å². The molecule has 9 nitrogen and oxygen atoms in total. The fourth-order valence-corrected chi connectivity index (χ4v) is 3.12. The molecule has 0 aliphatic heterocycles. The fraction of sp³-hybridized carbons (Fsp3) is 0.286. The van der Waals surface area contributed by atoms with Gasteiger partial charge in [-0.3, -0.25) is 4.79 Å². The highest BCUT2D eigenvalue weighted by Crippen LogP contribution is 2.21. The van der Waals surface area contributed by atoms with E-state index in [1.54, 1.807) is 32.9 Å². The van der Waals surface area contributed by atoms with Crippen molar-refractivity contribution >= 4 is 17.7 Å². The third kappa shape index (κ3) is 3.86. The molecule has 0 spiro atoms. The van der Waals surface area contributed by atoms with E-state index in [0.29, 0.717) is 28.2 Å². The quantitative estimate of drug-likeness (QED) is 0.490. The normalized spacial score (nSPS) is 11.8. The molecule has 1 atom stereocenters. The molecule has 30 heavy (non-hydrogen) atoms. The monoisotopic (exact) mass is 410 g/mol. The Kier molecular flexibility index (Phi) is 5.81. The highest BCUT2D eigenvalue weighted by atomic mass is 16.5. The van der Waals surface area contributed by atoms with Gasteiger partial charge in [-0.05, 0) is 45.4 Å². The molecule has 3 rings (SSSR count). The average molecular weight is 410 g/mol. The lowest BCUT2D eigenvalue weighted by molar-refractivity contribution is 0.0310. The van der Waals surface area contributed by atoms with Crippen LogP contribution in [0.4, 0.5) is 0 Å². The molecule has 1 aromatic carbocycles. The highest BCUT2D eigenvalue weighted by molar-refractivity contribution is 6.04. The number of hydrogen-bond acceptors (Lipinski definition) is 7. The van der Waals surface area contributed by atoms with Crippen LogP contribution >= 0.6 is 0 Å². The second-order valence-electron chi connectivity index (χ2n) is 6.79. The van der Waals surface area contributed by atoms with Gasteiger partial charge >= 0.3 is 11.9 Å². The van der Waals surface area contributed by atoms with Gasteiger partial charge in [0.25, 0.3) is 0 Å². The lowest BCUT2D eigenvalue weighted by Gasteiger charge is -2.11. The predicted molar refractivity (Wildman–Crippen MR) is 107 cm³/mol. The van der Waals surface area contributed by atoms with Gasteiger partial charge in [0.15, 0.2) is 11.8 Å². The zero-order chi connectivity index (χ0) is 22.0. The van der Waals surface area contributed by atoms with Crippen LogP contribution in [0, 0.1) is 20.8 Å². The van der Waals surface area contributed by atoms with E-state index in [2.05, 4.69) is 15.2 Å². The number of nitrogens with zero attached hydrogens (tertiary/aromatic N) is 3. The first-order valence-electron chi connectivity index (χ1n) is 9.26. The summed E-state index contributed by atoms with van der Waals surface area (Å²) < 4.78 is 10.1. The summed E-state index contributed by atoms with van der Waals surface area (Å²) in [6.45, 7) is 6.40. The summed E-state index contributed by atoms with van der Waals surface area (Å²) in [4.78, 5) is 41.6. The zero-order valence-electron chi connectivity index (χ0n) is 17.3. The molecule has 0 saturated heterocycles.